The second-order valence-electron chi connectivity index (χ2n) is 7.11. The Bertz CT molecular complexity index is 635. The minimum Gasteiger partial charge on any atom is -0.298 e. The second-order valence-corrected chi connectivity index (χ2v) is 7.55. The van der Waals surface area contributed by atoms with E-state index in [2.05, 4.69) is 41.1 Å². The van der Waals surface area contributed by atoms with Crippen molar-refractivity contribution >= 4 is 11.6 Å². The van der Waals surface area contributed by atoms with Crippen molar-refractivity contribution in [2.75, 3.05) is 13.1 Å². The van der Waals surface area contributed by atoms with Gasteiger partial charge in [0.05, 0.1) is 6.20 Å². The Balaban J connectivity index is 1.67. The Labute approximate surface area is 144 Å². The fraction of sp³-hybridized carbons (Fsp3) is 0.526. The van der Waals surface area contributed by atoms with Crippen LogP contribution >= 0.6 is 11.6 Å². The van der Waals surface area contributed by atoms with E-state index in [0.29, 0.717) is 11.8 Å². The molecular formula is C19H26ClN3. The first-order chi connectivity index (χ1) is 11.1. The lowest BCUT2D eigenvalue weighted by molar-refractivity contribution is 0.198. The molecule has 3 rings (SSSR count). The number of likely N-dealkylation sites (tertiary alicyclic amines) is 1. The fourth-order valence-corrected chi connectivity index (χ4v) is 3.82. The van der Waals surface area contributed by atoms with E-state index in [1.807, 2.05) is 18.3 Å². The molecule has 1 aromatic carbocycles. The molecule has 0 bridgehead atoms. The molecule has 1 aliphatic heterocycles. The summed E-state index contributed by atoms with van der Waals surface area (Å²) in [5.41, 5.74) is 4.05. The van der Waals surface area contributed by atoms with Gasteiger partial charge in [0.2, 0.25) is 0 Å². The van der Waals surface area contributed by atoms with Gasteiger partial charge in [-0.3, -0.25) is 10.00 Å². The zero-order valence-electron chi connectivity index (χ0n) is 14.1. The van der Waals surface area contributed by atoms with Crippen LogP contribution in [0.5, 0.6) is 0 Å². The van der Waals surface area contributed by atoms with Crippen molar-refractivity contribution in [1.29, 1.82) is 0 Å². The molecule has 3 nitrogen and oxygen atoms in total. The molecule has 23 heavy (non-hydrogen) atoms. The lowest BCUT2D eigenvalue weighted by Crippen LogP contribution is -2.34. The van der Waals surface area contributed by atoms with Gasteiger partial charge in [0.25, 0.3) is 0 Å². The highest BCUT2D eigenvalue weighted by atomic mass is 35.5. The maximum Gasteiger partial charge on any atom is 0.0522 e. The highest BCUT2D eigenvalue weighted by molar-refractivity contribution is 6.30. The summed E-state index contributed by atoms with van der Waals surface area (Å²) in [5, 5.41) is 8.41. The molecule has 0 unspecified atom stereocenters. The largest absolute Gasteiger partial charge is 0.298 e. The van der Waals surface area contributed by atoms with Gasteiger partial charge < -0.3 is 0 Å². The molecule has 1 N–H and O–H groups in total. The standard InChI is InChI=1S/C19H26ClN3/c1-14(2)9-17-11-21-22-19(17)16-6-4-8-23(13-16)12-15-5-3-7-18(20)10-15/h3,5,7,10-11,14,16H,4,6,8-9,12-13H2,1-2H3,(H,21,22)/t16-/m1/s1. The number of piperidine rings is 1. The molecule has 0 aliphatic carbocycles. The van der Waals surface area contributed by atoms with Gasteiger partial charge in [-0.1, -0.05) is 37.6 Å². The molecule has 0 spiro atoms. The van der Waals surface area contributed by atoms with E-state index < -0.39 is 0 Å². The first kappa shape index (κ1) is 16.5. The predicted molar refractivity (Wildman–Crippen MR) is 95.8 cm³/mol. The van der Waals surface area contributed by atoms with Crippen molar-refractivity contribution in [1.82, 2.24) is 15.1 Å². The number of aromatic nitrogens is 2. The normalized spacial score (nSPS) is 19.4. The molecule has 2 aromatic rings. The number of nitrogens with zero attached hydrogens (tertiary/aromatic N) is 2. The summed E-state index contributed by atoms with van der Waals surface area (Å²) in [6, 6.07) is 8.21. The van der Waals surface area contributed by atoms with Crippen LogP contribution in [0.1, 0.15) is 49.4 Å². The SMILES string of the molecule is CC(C)Cc1cn[nH]c1[C@@H]1CCCN(Cc2cccc(Cl)c2)C1. The molecule has 4 heteroatoms. The van der Waals surface area contributed by atoms with Gasteiger partial charge in [-0.2, -0.15) is 5.10 Å². The van der Waals surface area contributed by atoms with E-state index in [1.54, 1.807) is 0 Å². The Kier molecular flexibility index (Phi) is 5.39. The van der Waals surface area contributed by atoms with E-state index in [9.17, 15) is 0 Å². The Morgan fingerprint density at radius 2 is 2.26 bits per heavy atom. The van der Waals surface area contributed by atoms with E-state index in [4.69, 9.17) is 11.6 Å². The number of H-pyrrole nitrogens is 1. The molecule has 1 fully saturated rings. The van der Waals surface area contributed by atoms with Crippen LogP contribution < -0.4 is 0 Å². The monoisotopic (exact) mass is 331 g/mol. The zero-order chi connectivity index (χ0) is 16.2. The molecule has 1 saturated heterocycles. The van der Waals surface area contributed by atoms with Gasteiger partial charge >= 0.3 is 0 Å². The topological polar surface area (TPSA) is 31.9 Å². The van der Waals surface area contributed by atoms with Crippen molar-refractivity contribution in [3.05, 3.63) is 52.3 Å². The van der Waals surface area contributed by atoms with Crippen molar-refractivity contribution in [2.24, 2.45) is 5.92 Å². The molecule has 1 atom stereocenters. The summed E-state index contributed by atoms with van der Waals surface area (Å²) in [6.07, 6.45) is 5.62. The van der Waals surface area contributed by atoms with E-state index in [-0.39, 0.29) is 0 Å². The van der Waals surface area contributed by atoms with Crippen molar-refractivity contribution < 1.29 is 0 Å². The Morgan fingerprint density at radius 3 is 3.04 bits per heavy atom. The summed E-state index contributed by atoms with van der Waals surface area (Å²) in [7, 11) is 0. The van der Waals surface area contributed by atoms with Crippen LogP contribution in [0.15, 0.2) is 30.5 Å². The number of halogens is 1. The summed E-state index contributed by atoms with van der Waals surface area (Å²) < 4.78 is 0. The number of hydrogen-bond donors (Lipinski definition) is 1. The van der Waals surface area contributed by atoms with Crippen LogP contribution in [0.4, 0.5) is 0 Å². The summed E-state index contributed by atoms with van der Waals surface area (Å²) >= 11 is 6.11. The van der Waals surface area contributed by atoms with Crippen LogP contribution in [0.25, 0.3) is 0 Å². The molecule has 1 aliphatic rings. The highest BCUT2D eigenvalue weighted by Crippen LogP contribution is 2.29. The number of rotatable bonds is 5. The van der Waals surface area contributed by atoms with Gasteiger partial charge in [-0.15, -0.1) is 0 Å². The first-order valence-corrected chi connectivity index (χ1v) is 8.98. The first-order valence-electron chi connectivity index (χ1n) is 8.60. The number of benzene rings is 1. The molecule has 0 saturated carbocycles. The third-order valence-electron chi connectivity index (χ3n) is 4.59. The van der Waals surface area contributed by atoms with Gasteiger partial charge in [-0.25, -0.2) is 0 Å². The van der Waals surface area contributed by atoms with E-state index in [1.165, 1.54) is 29.7 Å². The van der Waals surface area contributed by atoms with Gasteiger partial charge in [0.15, 0.2) is 0 Å². The van der Waals surface area contributed by atoms with Crippen molar-refractivity contribution in [2.45, 2.75) is 45.6 Å². The van der Waals surface area contributed by atoms with Gasteiger partial charge in [0.1, 0.15) is 0 Å². The summed E-state index contributed by atoms with van der Waals surface area (Å²) in [4.78, 5) is 2.54. The molecule has 124 valence electrons. The Morgan fingerprint density at radius 1 is 1.39 bits per heavy atom. The maximum atomic E-state index is 6.11. The molecule has 2 heterocycles. The lowest BCUT2D eigenvalue weighted by Gasteiger charge is -2.32. The molecule has 0 radical (unpaired) electrons. The average Bonchev–Trinajstić information content (AvgIpc) is 2.95. The van der Waals surface area contributed by atoms with Crippen molar-refractivity contribution in [3.8, 4) is 0 Å². The molecule has 0 amide bonds. The lowest BCUT2D eigenvalue weighted by atomic mass is 9.90. The quantitative estimate of drug-likeness (QED) is 0.865. The summed E-state index contributed by atoms with van der Waals surface area (Å²) in [6.45, 7) is 7.77. The van der Waals surface area contributed by atoms with Crippen molar-refractivity contribution in [3.63, 3.8) is 0 Å². The minimum atomic E-state index is 0.569. The van der Waals surface area contributed by atoms with Crippen LogP contribution in [-0.2, 0) is 13.0 Å². The smallest absolute Gasteiger partial charge is 0.0522 e. The van der Waals surface area contributed by atoms with Crippen LogP contribution in [0.3, 0.4) is 0 Å². The molecule has 1 aromatic heterocycles. The number of nitrogens with one attached hydrogen (secondary N) is 1. The van der Waals surface area contributed by atoms with Gasteiger partial charge in [0, 0.05) is 29.7 Å². The van der Waals surface area contributed by atoms with E-state index in [0.717, 1.165) is 31.1 Å². The Hall–Kier alpha value is -1.32. The van der Waals surface area contributed by atoms with Crippen LogP contribution in [0.2, 0.25) is 5.02 Å². The van der Waals surface area contributed by atoms with E-state index >= 15 is 0 Å². The number of aromatic amines is 1. The highest BCUT2D eigenvalue weighted by Gasteiger charge is 2.24. The summed E-state index contributed by atoms with van der Waals surface area (Å²) in [5.74, 6) is 1.23. The van der Waals surface area contributed by atoms with Gasteiger partial charge in [-0.05, 0) is 55.0 Å². The van der Waals surface area contributed by atoms with Crippen LogP contribution in [0, 0.1) is 5.92 Å². The third-order valence-corrected chi connectivity index (χ3v) is 4.82. The predicted octanol–water partition coefficient (Wildman–Crippen LogP) is 4.64. The second kappa shape index (κ2) is 7.50. The molecular weight excluding hydrogens is 306 g/mol. The average molecular weight is 332 g/mol. The zero-order valence-corrected chi connectivity index (χ0v) is 14.8. The number of hydrogen-bond acceptors (Lipinski definition) is 2. The maximum absolute atomic E-state index is 6.11. The van der Waals surface area contributed by atoms with Crippen LogP contribution in [-0.4, -0.2) is 28.2 Å². The minimum absolute atomic E-state index is 0.569. The fourth-order valence-electron chi connectivity index (χ4n) is 3.61. The third kappa shape index (κ3) is 4.36.